The highest BCUT2D eigenvalue weighted by Gasteiger charge is 2.50. The standard InChI is InChI=1S/C59H61BN2OS/c1-34-28-46-52-47(29-34)62(44-17-15-19-50-51(44)37-16-13-14-18-49(37)64-50)53-38-30-35(55(2,3)4)20-23-48(38)63-54(53)60(52)43-32-41-42(59(11,12)27-26-58(41,9)10)33-45(43)61(46)36-21-22-39-40(31-36)57(7,8)25-24-56(39,5)6/h13-23,28-33H,24-27H2,1-12H3. The molecule has 2 aliphatic carbocycles. The summed E-state index contributed by atoms with van der Waals surface area (Å²) in [7, 11) is 0. The molecule has 0 saturated carbocycles. The topological polar surface area (TPSA) is 19.6 Å². The Morgan fingerprint density at radius 1 is 0.562 bits per heavy atom. The molecule has 2 aliphatic heterocycles. The quantitative estimate of drug-likeness (QED) is 0.162. The van der Waals surface area contributed by atoms with Gasteiger partial charge in [0.1, 0.15) is 5.58 Å². The average Bonchev–Trinajstić information content (AvgIpc) is 3.82. The van der Waals surface area contributed by atoms with Gasteiger partial charge in [-0.2, -0.15) is 0 Å². The van der Waals surface area contributed by atoms with Gasteiger partial charge in [-0.1, -0.05) is 119 Å². The lowest BCUT2D eigenvalue weighted by atomic mass is 9.35. The zero-order chi connectivity index (χ0) is 44.6. The summed E-state index contributed by atoms with van der Waals surface area (Å²) in [6.07, 6.45) is 4.70. The molecule has 2 aromatic heterocycles. The molecule has 8 aromatic rings. The van der Waals surface area contributed by atoms with Crippen molar-refractivity contribution in [2.24, 2.45) is 0 Å². The van der Waals surface area contributed by atoms with Crippen LogP contribution in [0.15, 0.2) is 108 Å². The van der Waals surface area contributed by atoms with Crippen LogP contribution in [0.25, 0.3) is 31.1 Å². The van der Waals surface area contributed by atoms with Crippen LogP contribution in [0.1, 0.15) is 135 Å². The van der Waals surface area contributed by atoms with Gasteiger partial charge in [0.2, 0.25) is 0 Å². The first-order valence-electron chi connectivity index (χ1n) is 23.8. The number of anilines is 6. The lowest BCUT2D eigenvalue weighted by molar-refractivity contribution is 0.332. The maximum atomic E-state index is 7.47. The predicted octanol–water partition coefficient (Wildman–Crippen LogP) is 15.2. The number of thiophene rings is 1. The third kappa shape index (κ3) is 5.58. The van der Waals surface area contributed by atoms with Crippen molar-refractivity contribution in [3.8, 4) is 0 Å². The summed E-state index contributed by atoms with van der Waals surface area (Å²) in [5.41, 5.74) is 20.8. The number of fused-ring (bicyclic) bond motifs is 11. The van der Waals surface area contributed by atoms with Crippen LogP contribution in [0.2, 0.25) is 0 Å². The van der Waals surface area contributed by atoms with Crippen LogP contribution in [-0.2, 0) is 27.1 Å². The van der Waals surface area contributed by atoms with E-state index in [9.17, 15) is 0 Å². The van der Waals surface area contributed by atoms with Crippen molar-refractivity contribution in [2.75, 3.05) is 9.80 Å². The van der Waals surface area contributed by atoms with Crippen molar-refractivity contribution < 1.29 is 4.42 Å². The number of benzene rings is 6. The molecule has 64 heavy (non-hydrogen) atoms. The van der Waals surface area contributed by atoms with Gasteiger partial charge in [-0.15, -0.1) is 11.3 Å². The highest BCUT2D eigenvalue weighted by atomic mass is 32.1. The van der Waals surface area contributed by atoms with Gasteiger partial charge in [-0.3, -0.25) is 0 Å². The molecule has 0 radical (unpaired) electrons. The van der Waals surface area contributed by atoms with E-state index in [0.29, 0.717) is 0 Å². The van der Waals surface area contributed by atoms with E-state index in [1.54, 1.807) is 0 Å². The molecule has 0 fully saturated rings. The number of aryl methyl sites for hydroxylation is 1. The summed E-state index contributed by atoms with van der Waals surface area (Å²) in [6, 6.07) is 40.5. The van der Waals surface area contributed by atoms with Gasteiger partial charge in [-0.25, -0.2) is 0 Å². The molecule has 0 unspecified atom stereocenters. The normalized spacial score (nSPS) is 18.8. The molecule has 6 aromatic carbocycles. The average molecular weight is 857 g/mol. The van der Waals surface area contributed by atoms with Crippen LogP contribution in [-0.4, -0.2) is 6.71 Å². The monoisotopic (exact) mass is 856 g/mol. The minimum Gasteiger partial charge on any atom is -0.468 e. The smallest absolute Gasteiger partial charge is 0.297 e. The van der Waals surface area contributed by atoms with Gasteiger partial charge in [0.05, 0.1) is 17.0 Å². The van der Waals surface area contributed by atoms with E-state index < -0.39 is 0 Å². The van der Waals surface area contributed by atoms with Crippen LogP contribution in [0, 0.1) is 6.92 Å². The third-order valence-electron chi connectivity index (χ3n) is 16.4. The van der Waals surface area contributed by atoms with Crippen LogP contribution in [0.3, 0.4) is 0 Å². The second kappa shape index (κ2) is 13.0. The van der Waals surface area contributed by atoms with Crippen LogP contribution in [0.4, 0.5) is 34.1 Å². The van der Waals surface area contributed by atoms with Crippen LogP contribution >= 0.6 is 11.3 Å². The van der Waals surface area contributed by atoms with Gasteiger partial charge in [0.25, 0.3) is 6.71 Å². The Bertz CT molecular complexity index is 3310. The zero-order valence-corrected chi connectivity index (χ0v) is 40.7. The lowest BCUT2D eigenvalue weighted by Crippen LogP contribution is -2.61. The van der Waals surface area contributed by atoms with Gasteiger partial charge in [-0.05, 0) is 165 Å². The molecule has 5 heteroatoms. The second-order valence-electron chi connectivity index (χ2n) is 23.6. The minimum absolute atomic E-state index is 0.0306. The van der Waals surface area contributed by atoms with Crippen LogP contribution in [0.5, 0.6) is 0 Å². The molecule has 0 saturated heterocycles. The van der Waals surface area contributed by atoms with Crippen molar-refractivity contribution in [3.63, 3.8) is 0 Å². The molecular weight excluding hydrogens is 796 g/mol. The molecular formula is C59H61BN2OS. The van der Waals surface area contributed by atoms with E-state index in [2.05, 4.69) is 196 Å². The van der Waals surface area contributed by atoms with Gasteiger partial charge in [0, 0.05) is 48.3 Å². The third-order valence-corrected chi connectivity index (χ3v) is 17.5. The molecule has 0 bridgehead atoms. The predicted molar refractivity (Wildman–Crippen MR) is 277 cm³/mol. The van der Waals surface area contributed by atoms with E-state index >= 15 is 0 Å². The second-order valence-corrected chi connectivity index (χ2v) is 24.7. The SMILES string of the molecule is Cc1cc2c3c(c1)N(c1cccc4sc5ccccc5c14)c1c(oc4ccc(C(C)(C)C)cc14)B3c1cc3c(cc1N2c1ccc2c(c1)C(C)(C)CCC2(C)C)C(C)(C)CCC3(C)C. The summed E-state index contributed by atoms with van der Waals surface area (Å²) in [6.45, 7) is 28.8. The molecule has 0 amide bonds. The highest BCUT2D eigenvalue weighted by molar-refractivity contribution is 7.26. The Labute approximate surface area is 384 Å². The fourth-order valence-corrected chi connectivity index (χ4v) is 13.5. The Morgan fingerprint density at radius 3 is 1.89 bits per heavy atom. The number of nitrogens with zero attached hydrogens (tertiary/aromatic N) is 2. The summed E-state index contributed by atoms with van der Waals surface area (Å²) >= 11 is 1.89. The van der Waals surface area contributed by atoms with Crippen molar-refractivity contribution >= 4 is 99.9 Å². The fraction of sp³-hybridized carbons (Fsp3) is 0.356. The largest absolute Gasteiger partial charge is 0.468 e. The van der Waals surface area contributed by atoms with Gasteiger partial charge in [0.15, 0.2) is 0 Å². The van der Waals surface area contributed by atoms with Crippen LogP contribution < -0.4 is 26.4 Å². The van der Waals surface area contributed by atoms with Crippen molar-refractivity contribution in [1.82, 2.24) is 0 Å². The van der Waals surface area contributed by atoms with Crippen molar-refractivity contribution in [2.45, 2.75) is 136 Å². The molecule has 12 rings (SSSR count). The highest BCUT2D eigenvalue weighted by Crippen LogP contribution is 2.54. The van der Waals surface area contributed by atoms with Gasteiger partial charge >= 0.3 is 0 Å². The first-order chi connectivity index (χ1) is 30.2. The van der Waals surface area contributed by atoms with Crippen molar-refractivity contribution in [1.29, 1.82) is 0 Å². The zero-order valence-electron chi connectivity index (χ0n) is 39.9. The molecule has 0 atom stereocenters. The number of rotatable bonds is 2. The van der Waals surface area contributed by atoms with Gasteiger partial charge < -0.3 is 14.2 Å². The fourth-order valence-electron chi connectivity index (χ4n) is 12.3. The summed E-state index contributed by atoms with van der Waals surface area (Å²) in [4.78, 5) is 5.28. The Kier molecular flexibility index (Phi) is 8.16. The molecule has 4 aliphatic rings. The first-order valence-corrected chi connectivity index (χ1v) is 24.6. The Morgan fingerprint density at radius 2 is 1.19 bits per heavy atom. The summed E-state index contributed by atoms with van der Waals surface area (Å²) < 4.78 is 10.1. The molecule has 0 N–H and O–H groups in total. The maximum absolute atomic E-state index is 7.47. The molecule has 322 valence electrons. The van der Waals surface area contributed by atoms with E-state index in [4.69, 9.17) is 4.42 Å². The maximum Gasteiger partial charge on any atom is 0.297 e. The lowest BCUT2D eigenvalue weighted by Gasteiger charge is -2.47. The number of furan rings is 1. The van der Waals surface area contributed by atoms with E-state index in [1.165, 1.54) is 123 Å². The van der Waals surface area contributed by atoms with E-state index in [-0.39, 0.29) is 33.8 Å². The minimum atomic E-state index is -0.105. The van der Waals surface area contributed by atoms with Crippen molar-refractivity contribution in [3.05, 3.63) is 137 Å². The molecule has 0 spiro atoms. The number of hydrogen-bond donors (Lipinski definition) is 0. The van der Waals surface area contributed by atoms with E-state index in [1.807, 2.05) is 11.3 Å². The molecule has 4 heterocycles. The summed E-state index contributed by atoms with van der Waals surface area (Å²) in [5, 5.41) is 3.78. The number of hydrogen-bond acceptors (Lipinski definition) is 4. The Balaban J connectivity index is 1.23. The Hall–Kier alpha value is -5.26. The van der Waals surface area contributed by atoms with E-state index in [0.717, 1.165) is 17.7 Å². The molecule has 3 nitrogen and oxygen atoms in total. The summed E-state index contributed by atoms with van der Waals surface area (Å²) in [5.74, 6) is 0. The first kappa shape index (κ1) is 40.3.